The number of piperidine rings is 1. The number of anilines is 1. The van der Waals surface area contributed by atoms with Crippen LogP contribution in [0.25, 0.3) is 0 Å². The normalized spacial score (nSPS) is 16.1. The van der Waals surface area contributed by atoms with Gasteiger partial charge in [-0.1, -0.05) is 28.1 Å². The molecule has 5 nitrogen and oxygen atoms in total. The van der Waals surface area contributed by atoms with Crippen LogP contribution in [-0.2, 0) is 14.8 Å². The Hall–Kier alpha value is -1.77. The number of carbonyl (C=O) groups is 1. The van der Waals surface area contributed by atoms with E-state index in [0.29, 0.717) is 12.8 Å². The Kier molecular flexibility index (Phi) is 6.21. The highest BCUT2D eigenvalue weighted by molar-refractivity contribution is 9.10. The molecule has 0 radical (unpaired) electrons. The lowest BCUT2D eigenvalue weighted by Crippen LogP contribution is -2.43. The van der Waals surface area contributed by atoms with Gasteiger partial charge in [0.15, 0.2) is 0 Å². The molecule has 0 aliphatic carbocycles. The zero-order valence-electron chi connectivity index (χ0n) is 15.7. The maximum absolute atomic E-state index is 13.9. The Morgan fingerprint density at radius 2 is 1.82 bits per heavy atom. The molecule has 1 heterocycles. The molecule has 28 heavy (non-hydrogen) atoms. The summed E-state index contributed by atoms with van der Waals surface area (Å²) in [6.45, 7) is 2.33. The van der Waals surface area contributed by atoms with Gasteiger partial charge in [-0.25, -0.2) is 12.8 Å². The highest BCUT2D eigenvalue weighted by Gasteiger charge is 2.34. The van der Waals surface area contributed by atoms with E-state index in [-0.39, 0.29) is 29.8 Å². The zero-order valence-corrected chi connectivity index (χ0v) is 18.1. The number of rotatable bonds is 4. The van der Waals surface area contributed by atoms with Crippen LogP contribution < -0.4 is 4.90 Å². The highest BCUT2D eigenvalue weighted by atomic mass is 79.9. The molecule has 1 amide bonds. The van der Waals surface area contributed by atoms with Gasteiger partial charge in [0.25, 0.3) is 0 Å². The summed E-state index contributed by atoms with van der Waals surface area (Å²) in [6, 6.07) is 11.1. The molecule has 0 bridgehead atoms. The smallest absolute Gasteiger partial charge is 0.245 e. The Morgan fingerprint density at radius 1 is 1.18 bits per heavy atom. The first-order valence-corrected chi connectivity index (χ1v) is 11.2. The van der Waals surface area contributed by atoms with Crippen LogP contribution in [0.4, 0.5) is 10.1 Å². The summed E-state index contributed by atoms with van der Waals surface area (Å²) >= 11 is 3.42. The van der Waals surface area contributed by atoms with Gasteiger partial charge in [-0.15, -0.1) is 0 Å². The summed E-state index contributed by atoms with van der Waals surface area (Å²) in [5.74, 6) is -1.06. The molecule has 0 N–H and O–H groups in total. The molecule has 1 fully saturated rings. The van der Waals surface area contributed by atoms with E-state index in [9.17, 15) is 17.6 Å². The van der Waals surface area contributed by atoms with Crippen molar-refractivity contribution in [2.45, 2.75) is 24.7 Å². The molecule has 2 aromatic carbocycles. The number of hydrogen-bond acceptors (Lipinski definition) is 3. The van der Waals surface area contributed by atoms with Crippen LogP contribution in [0.2, 0.25) is 0 Å². The van der Waals surface area contributed by atoms with E-state index >= 15 is 0 Å². The predicted molar refractivity (Wildman–Crippen MR) is 110 cm³/mol. The molecule has 2 aromatic rings. The summed E-state index contributed by atoms with van der Waals surface area (Å²) in [7, 11) is -2.16. The first kappa shape index (κ1) is 21.0. The molecule has 0 unspecified atom stereocenters. The van der Waals surface area contributed by atoms with Gasteiger partial charge in [-0.2, -0.15) is 4.31 Å². The molecule has 0 atom stereocenters. The third-order valence-electron chi connectivity index (χ3n) is 5.11. The van der Waals surface area contributed by atoms with Crippen molar-refractivity contribution in [1.82, 2.24) is 4.31 Å². The maximum atomic E-state index is 13.9. The topological polar surface area (TPSA) is 57.7 Å². The zero-order chi connectivity index (χ0) is 20.5. The standard InChI is InChI=1S/C20H22BrFN2O3S/c1-14-13-16(21)7-8-18(14)23(2)20(25)15-9-11-24(12-10-15)28(26,27)19-6-4-3-5-17(19)22/h3-8,13,15H,9-12H2,1-2H3. The number of nitrogens with zero attached hydrogens (tertiary/aromatic N) is 2. The highest BCUT2D eigenvalue weighted by Crippen LogP contribution is 2.29. The van der Waals surface area contributed by atoms with E-state index in [4.69, 9.17) is 0 Å². The third-order valence-corrected chi connectivity index (χ3v) is 7.53. The molecule has 8 heteroatoms. The van der Waals surface area contributed by atoms with E-state index in [0.717, 1.165) is 21.8 Å². The second kappa shape index (κ2) is 8.31. The van der Waals surface area contributed by atoms with E-state index in [1.54, 1.807) is 11.9 Å². The van der Waals surface area contributed by atoms with Crippen molar-refractivity contribution < 1.29 is 17.6 Å². The summed E-state index contributed by atoms with van der Waals surface area (Å²) in [5, 5.41) is 0. The van der Waals surface area contributed by atoms with Crippen molar-refractivity contribution in [3.8, 4) is 0 Å². The fraction of sp³-hybridized carbons (Fsp3) is 0.350. The Balaban J connectivity index is 1.69. The van der Waals surface area contributed by atoms with Gasteiger partial charge in [-0.05, 0) is 55.7 Å². The number of benzene rings is 2. The minimum Gasteiger partial charge on any atom is -0.315 e. The maximum Gasteiger partial charge on any atom is 0.245 e. The number of amides is 1. The quantitative estimate of drug-likeness (QED) is 0.682. The molecule has 3 rings (SSSR count). The predicted octanol–water partition coefficient (Wildman–Crippen LogP) is 3.96. The van der Waals surface area contributed by atoms with Gasteiger partial charge in [0.05, 0.1) is 0 Å². The fourth-order valence-electron chi connectivity index (χ4n) is 3.52. The van der Waals surface area contributed by atoms with Gasteiger partial charge in [0.2, 0.25) is 15.9 Å². The van der Waals surface area contributed by atoms with Crippen LogP contribution in [0, 0.1) is 18.7 Å². The second-order valence-corrected chi connectivity index (χ2v) is 9.76. The largest absolute Gasteiger partial charge is 0.315 e. The van der Waals surface area contributed by atoms with Gasteiger partial charge >= 0.3 is 0 Å². The Labute approximate surface area is 173 Å². The van der Waals surface area contributed by atoms with Gasteiger partial charge in [0.1, 0.15) is 10.7 Å². The average Bonchev–Trinajstić information content (AvgIpc) is 2.67. The van der Waals surface area contributed by atoms with Crippen molar-refractivity contribution in [3.63, 3.8) is 0 Å². The molecule has 0 aromatic heterocycles. The minimum atomic E-state index is -3.90. The molecule has 1 saturated heterocycles. The lowest BCUT2D eigenvalue weighted by molar-refractivity contribution is -0.123. The molecule has 150 valence electrons. The molecule has 0 saturated carbocycles. The number of sulfonamides is 1. The van der Waals surface area contributed by atoms with Crippen molar-refractivity contribution in [1.29, 1.82) is 0 Å². The molecule has 0 spiro atoms. The lowest BCUT2D eigenvalue weighted by Gasteiger charge is -2.33. The van der Waals surface area contributed by atoms with Crippen molar-refractivity contribution in [3.05, 3.63) is 58.3 Å². The third kappa shape index (κ3) is 4.14. The Morgan fingerprint density at radius 3 is 2.43 bits per heavy atom. The van der Waals surface area contributed by atoms with Crippen molar-refractivity contribution >= 4 is 37.5 Å². The summed E-state index contributed by atoms with van der Waals surface area (Å²) < 4.78 is 41.5. The Bertz CT molecular complexity index is 989. The van der Waals surface area contributed by atoms with Crippen LogP contribution in [0.1, 0.15) is 18.4 Å². The van der Waals surface area contributed by atoms with E-state index in [1.807, 2.05) is 25.1 Å². The van der Waals surface area contributed by atoms with E-state index in [1.165, 1.54) is 22.5 Å². The van der Waals surface area contributed by atoms with Gasteiger partial charge in [-0.3, -0.25) is 4.79 Å². The van der Waals surface area contributed by atoms with E-state index < -0.39 is 15.8 Å². The summed E-state index contributed by atoms with van der Waals surface area (Å²) in [4.78, 5) is 14.2. The second-order valence-electron chi connectivity index (χ2n) is 6.94. The summed E-state index contributed by atoms with van der Waals surface area (Å²) in [6.07, 6.45) is 0.818. The van der Waals surface area contributed by atoms with Crippen molar-refractivity contribution in [2.75, 3.05) is 25.0 Å². The fourth-order valence-corrected chi connectivity index (χ4v) is 5.53. The van der Waals surface area contributed by atoms with Crippen LogP contribution in [-0.4, -0.2) is 38.8 Å². The van der Waals surface area contributed by atoms with Crippen molar-refractivity contribution in [2.24, 2.45) is 5.92 Å². The first-order valence-electron chi connectivity index (χ1n) is 9.00. The van der Waals surface area contributed by atoms with E-state index in [2.05, 4.69) is 15.9 Å². The number of carbonyl (C=O) groups excluding carboxylic acids is 1. The molecular formula is C20H22BrFN2O3S. The first-order chi connectivity index (χ1) is 13.2. The van der Waals surface area contributed by atoms with Crippen LogP contribution >= 0.6 is 15.9 Å². The lowest BCUT2D eigenvalue weighted by atomic mass is 9.96. The SMILES string of the molecule is Cc1cc(Br)ccc1N(C)C(=O)C1CCN(S(=O)(=O)c2ccccc2F)CC1. The monoisotopic (exact) mass is 468 g/mol. The average molecular weight is 469 g/mol. The number of aryl methyl sites for hydroxylation is 1. The van der Waals surface area contributed by atoms with Gasteiger partial charge < -0.3 is 4.90 Å². The number of hydrogen-bond donors (Lipinski definition) is 0. The minimum absolute atomic E-state index is 0.0339. The molecule has 1 aliphatic rings. The molecule has 1 aliphatic heterocycles. The van der Waals surface area contributed by atoms with Crippen LogP contribution in [0.3, 0.4) is 0 Å². The summed E-state index contributed by atoms with van der Waals surface area (Å²) in [5.41, 5.74) is 1.80. The molecular weight excluding hydrogens is 447 g/mol. The van der Waals surface area contributed by atoms with Gasteiger partial charge in [0, 0.05) is 36.2 Å². The number of halogens is 2. The van der Waals surface area contributed by atoms with Crippen LogP contribution in [0.5, 0.6) is 0 Å². The van der Waals surface area contributed by atoms with Crippen LogP contribution in [0.15, 0.2) is 51.8 Å².